The molecule has 2 aliphatic rings. The van der Waals surface area contributed by atoms with Crippen LogP contribution in [0.4, 0.5) is 0 Å². The molecule has 0 radical (unpaired) electrons. The zero-order valence-electron chi connectivity index (χ0n) is 13.4. The summed E-state index contributed by atoms with van der Waals surface area (Å²) in [6, 6.07) is 7.47. The van der Waals surface area contributed by atoms with Gasteiger partial charge in [-0.3, -0.25) is 9.59 Å². The molecule has 2 aliphatic heterocycles. The highest BCUT2D eigenvalue weighted by molar-refractivity contribution is 5.84. The summed E-state index contributed by atoms with van der Waals surface area (Å²) >= 11 is 0. The van der Waals surface area contributed by atoms with E-state index in [1.165, 1.54) is 6.92 Å². The number of carbonyl (C=O) groups is 2. The van der Waals surface area contributed by atoms with Crippen molar-refractivity contribution in [3.05, 3.63) is 29.8 Å². The van der Waals surface area contributed by atoms with Crippen molar-refractivity contribution in [1.29, 1.82) is 0 Å². The van der Waals surface area contributed by atoms with E-state index in [1.807, 2.05) is 24.3 Å². The van der Waals surface area contributed by atoms with Gasteiger partial charge in [-0.05, 0) is 24.1 Å². The standard InChI is InChI=1S/C17H22N2O4/c1-11(20)18-8-13(9-18)17(22)19-10-14(21)7-16(19)12-4-3-5-15(6-12)23-2/h3-6,13-14,16,21H,7-10H2,1-2H3. The second kappa shape index (κ2) is 6.20. The van der Waals surface area contributed by atoms with Gasteiger partial charge in [0.2, 0.25) is 11.8 Å². The van der Waals surface area contributed by atoms with Gasteiger partial charge in [-0.15, -0.1) is 0 Å². The van der Waals surface area contributed by atoms with E-state index >= 15 is 0 Å². The maximum absolute atomic E-state index is 12.7. The van der Waals surface area contributed by atoms with Crippen molar-refractivity contribution >= 4 is 11.8 Å². The van der Waals surface area contributed by atoms with E-state index in [4.69, 9.17) is 4.74 Å². The van der Waals surface area contributed by atoms with Crippen molar-refractivity contribution in [2.24, 2.45) is 5.92 Å². The molecular formula is C17H22N2O4. The van der Waals surface area contributed by atoms with Gasteiger partial charge in [0, 0.05) is 26.6 Å². The number of carbonyl (C=O) groups excluding carboxylic acids is 2. The fourth-order valence-electron chi connectivity index (χ4n) is 3.35. The molecule has 0 spiro atoms. The molecule has 2 atom stereocenters. The van der Waals surface area contributed by atoms with E-state index in [-0.39, 0.29) is 23.8 Å². The van der Waals surface area contributed by atoms with E-state index in [9.17, 15) is 14.7 Å². The van der Waals surface area contributed by atoms with E-state index in [2.05, 4.69) is 0 Å². The van der Waals surface area contributed by atoms with Gasteiger partial charge >= 0.3 is 0 Å². The van der Waals surface area contributed by atoms with Crippen LogP contribution >= 0.6 is 0 Å². The summed E-state index contributed by atoms with van der Waals surface area (Å²) in [6.07, 6.45) is 0.0151. The Hall–Kier alpha value is -2.08. The highest BCUT2D eigenvalue weighted by atomic mass is 16.5. The van der Waals surface area contributed by atoms with Crippen LogP contribution in [0.3, 0.4) is 0 Å². The molecule has 2 heterocycles. The van der Waals surface area contributed by atoms with Crippen molar-refractivity contribution in [2.45, 2.75) is 25.5 Å². The van der Waals surface area contributed by atoms with Crippen molar-refractivity contribution in [1.82, 2.24) is 9.80 Å². The molecule has 2 unspecified atom stereocenters. The first-order chi connectivity index (χ1) is 11.0. The number of nitrogens with zero attached hydrogens (tertiary/aromatic N) is 2. The molecule has 6 nitrogen and oxygen atoms in total. The fraction of sp³-hybridized carbons (Fsp3) is 0.529. The lowest BCUT2D eigenvalue weighted by molar-refractivity contribution is -0.148. The maximum Gasteiger partial charge on any atom is 0.229 e. The van der Waals surface area contributed by atoms with Gasteiger partial charge in [0.1, 0.15) is 5.75 Å². The Labute approximate surface area is 135 Å². The van der Waals surface area contributed by atoms with Crippen LogP contribution in [0, 0.1) is 5.92 Å². The van der Waals surface area contributed by atoms with Crippen LogP contribution in [0.5, 0.6) is 5.75 Å². The number of aliphatic hydroxyl groups excluding tert-OH is 1. The first-order valence-corrected chi connectivity index (χ1v) is 7.87. The van der Waals surface area contributed by atoms with E-state index in [0.29, 0.717) is 26.1 Å². The summed E-state index contributed by atoms with van der Waals surface area (Å²) in [7, 11) is 1.61. The van der Waals surface area contributed by atoms with Crippen molar-refractivity contribution in [3.8, 4) is 5.75 Å². The molecular weight excluding hydrogens is 296 g/mol. The number of β-amino-alcohol motifs (C(OH)–C–C–N with tert-alkyl or cyclic N) is 1. The molecule has 1 N–H and O–H groups in total. The molecule has 6 heteroatoms. The SMILES string of the molecule is COc1cccc(C2CC(O)CN2C(=O)C2CN(C(C)=O)C2)c1. The predicted molar refractivity (Wildman–Crippen MR) is 83.8 cm³/mol. The number of hydrogen-bond donors (Lipinski definition) is 1. The number of benzene rings is 1. The van der Waals surface area contributed by atoms with E-state index in [0.717, 1.165) is 11.3 Å². The zero-order chi connectivity index (χ0) is 16.6. The van der Waals surface area contributed by atoms with Crippen LogP contribution < -0.4 is 4.74 Å². The Bertz CT molecular complexity index is 612. The second-order valence-electron chi connectivity index (χ2n) is 6.29. The molecule has 1 aromatic carbocycles. The minimum absolute atomic E-state index is 0.000137. The van der Waals surface area contributed by atoms with Gasteiger partial charge in [0.15, 0.2) is 0 Å². The third-order valence-electron chi connectivity index (χ3n) is 4.72. The van der Waals surface area contributed by atoms with Gasteiger partial charge in [0.05, 0.1) is 25.2 Å². The van der Waals surface area contributed by atoms with Crippen LogP contribution in [0.15, 0.2) is 24.3 Å². The summed E-state index contributed by atoms with van der Waals surface area (Å²) in [5.74, 6) is 0.603. The summed E-state index contributed by atoms with van der Waals surface area (Å²) in [6.45, 7) is 2.81. The minimum Gasteiger partial charge on any atom is -0.497 e. The van der Waals surface area contributed by atoms with Gasteiger partial charge in [-0.1, -0.05) is 12.1 Å². The molecule has 3 rings (SSSR count). The third-order valence-corrected chi connectivity index (χ3v) is 4.72. The first kappa shape index (κ1) is 15.8. The minimum atomic E-state index is -0.515. The normalized spacial score (nSPS) is 24.5. The Morgan fingerprint density at radius 2 is 2.00 bits per heavy atom. The number of rotatable bonds is 3. The lowest BCUT2D eigenvalue weighted by Gasteiger charge is -2.40. The number of amides is 2. The second-order valence-corrected chi connectivity index (χ2v) is 6.29. The molecule has 0 saturated carbocycles. The van der Waals surface area contributed by atoms with Crippen LogP contribution in [0.1, 0.15) is 24.9 Å². The molecule has 2 amide bonds. The van der Waals surface area contributed by atoms with Crippen molar-refractivity contribution in [2.75, 3.05) is 26.7 Å². The number of hydrogen-bond acceptors (Lipinski definition) is 4. The number of likely N-dealkylation sites (tertiary alicyclic amines) is 2. The molecule has 0 aliphatic carbocycles. The van der Waals surface area contributed by atoms with E-state index in [1.54, 1.807) is 16.9 Å². The average Bonchev–Trinajstić information content (AvgIpc) is 2.87. The summed E-state index contributed by atoms with van der Waals surface area (Å²) < 4.78 is 5.25. The molecule has 2 fully saturated rings. The molecule has 1 aromatic rings. The number of methoxy groups -OCH3 is 1. The van der Waals surface area contributed by atoms with Crippen LogP contribution in [-0.4, -0.2) is 59.6 Å². The van der Waals surface area contributed by atoms with Crippen LogP contribution in [0.25, 0.3) is 0 Å². The molecule has 0 aromatic heterocycles. The van der Waals surface area contributed by atoms with Crippen molar-refractivity contribution < 1.29 is 19.4 Å². The van der Waals surface area contributed by atoms with Gasteiger partial charge in [-0.2, -0.15) is 0 Å². The van der Waals surface area contributed by atoms with Crippen LogP contribution in [-0.2, 0) is 9.59 Å². The summed E-state index contributed by atoms with van der Waals surface area (Å²) in [4.78, 5) is 27.4. The average molecular weight is 318 g/mol. The lowest BCUT2D eigenvalue weighted by atomic mass is 9.96. The third kappa shape index (κ3) is 3.03. The van der Waals surface area contributed by atoms with Crippen molar-refractivity contribution in [3.63, 3.8) is 0 Å². The first-order valence-electron chi connectivity index (χ1n) is 7.87. The smallest absolute Gasteiger partial charge is 0.229 e. The Balaban J connectivity index is 1.75. The Kier molecular flexibility index (Phi) is 4.26. The zero-order valence-corrected chi connectivity index (χ0v) is 13.4. The number of ether oxygens (including phenoxy) is 1. The topological polar surface area (TPSA) is 70.1 Å². The predicted octanol–water partition coefficient (Wildman–Crippen LogP) is 0.808. The highest BCUT2D eigenvalue weighted by Gasteiger charge is 2.42. The van der Waals surface area contributed by atoms with Gasteiger partial charge < -0.3 is 19.6 Å². The maximum atomic E-state index is 12.7. The lowest BCUT2D eigenvalue weighted by Crippen LogP contribution is -2.55. The quantitative estimate of drug-likeness (QED) is 0.895. The van der Waals surface area contributed by atoms with Gasteiger partial charge in [-0.25, -0.2) is 0 Å². The molecule has 2 saturated heterocycles. The molecule has 124 valence electrons. The number of aliphatic hydroxyl groups is 1. The highest BCUT2D eigenvalue weighted by Crippen LogP contribution is 2.35. The molecule has 23 heavy (non-hydrogen) atoms. The molecule has 0 bridgehead atoms. The van der Waals surface area contributed by atoms with E-state index < -0.39 is 6.10 Å². The Morgan fingerprint density at radius 1 is 1.26 bits per heavy atom. The Morgan fingerprint density at radius 3 is 2.65 bits per heavy atom. The summed E-state index contributed by atoms with van der Waals surface area (Å²) in [5.41, 5.74) is 0.969. The largest absolute Gasteiger partial charge is 0.497 e. The van der Waals surface area contributed by atoms with Crippen LogP contribution in [0.2, 0.25) is 0 Å². The summed E-state index contributed by atoms with van der Waals surface area (Å²) in [5, 5.41) is 10.0. The van der Waals surface area contributed by atoms with Gasteiger partial charge in [0.25, 0.3) is 0 Å². The monoisotopic (exact) mass is 318 g/mol. The fourth-order valence-corrected chi connectivity index (χ4v) is 3.35.